The lowest BCUT2D eigenvalue weighted by Gasteiger charge is -1.97. The Labute approximate surface area is 128 Å². The fourth-order valence-corrected chi connectivity index (χ4v) is 2.64. The summed E-state index contributed by atoms with van der Waals surface area (Å²) in [6, 6.07) is 9.51. The topological polar surface area (TPSA) is 64.7 Å². The first kappa shape index (κ1) is 13.3. The number of rotatable bonds is 4. The van der Waals surface area contributed by atoms with Crippen LogP contribution in [0.2, 0.25) is 0 Å². The van der Waals surface area contributed by atoms with Gasteiger partial charge in [-0.2, -0.15) is 0 Å². The summed E-state index contributed by atoms with van der Waals surface area (Å²) >= 11 is 4.92. The minimum Gasteiger partial charge on any atom is -0.420 e. The van der Waals surface area contributed by atoms with E-state index in [2.05, 4.69) is 36.1 Å². The average molecular weight is 349 g/mol. The van der Waals surface area contributed by atoms with E-state index in [1.165, 1.54) is 11.8 Å². The third-order valence-corrected chi connectivity index (χ3v) is 3.99. The number of nitrogens with zero attached hydrogens (tertiary/aromatic N) is 4. The summed E-state index contributed by atoms with van der Waals surface area (Å²) in [6.07, 6.45) is 3.41. The Kier molecular flexibility index (Phi) is 4.08. The van der Waals surface area contributed by atoms with Gasteiger partial charge in [0.2, 0.25) is 11.8 Å². The summed E-state index contributed by atoms with van der Waals surface area (Å²) < 4.78 is 6.57. The van der Waals surface area contributed by atoms with Gasteiger partial charge in [-0.05, 0) is 34.1 Å². The van der Waals surface area contributed by atoms with Crippen LogP contribution in [-0.4, -0.2) is 20.2 Å². The minimum absolute atomic E-state index is 0.502. The van der Waals surface area contributed by atoms with Crippen molar-refractivity contribution in [2.45, 2.75) is 10.9 Å². The van der Waals surface area contributed by atoms with Crippen LogP contribution in [0.4, 0.5) is 0 Å². The van der Waals surface area contributed by atoms with E-state index in [1.807, 2.05) is 24.3 Å². The maximum absolute atomic E-state index is 5.64. The van der Waals surface area contributed by atoms with E-state index in [9.17, 15) is 0 Å². The molecule has 0 aliphatic heterocycles. The quantitative estimate of drug-likeness (QED) is 0.530. The van der Waals surface area contributed by atoms with E-state index in [4.69, 9.17) is 4.42 Å². The van der Waals surface area contributed by atoms with Crippen LogP contribution < -0.4 is 0 Å². The van der Waals surface area contributed by atoms with Gasteiger partial charge in [-0.25, -0.2) is 9.97 Å². The maximum Gasteiger partial charge on any atom is 0.248 e. The van der Waals surface area contributed by atoms with Crippen LogP contribution in [0.3, 0.4) is 0 Å². The summed E-state index contributed by atoms with van der Waals surface area (Å²) in [4.78, 5) is 8.25. The van der Waals surface area contributed by atoms with Crippen molar-refractivity contribution < 1.29 is 4.42 Å². The minimum atomic E-state index is 0.502. The van der Waals surface area contributed by atoms with Crippen molar-refractivity contribution in [2.75, 3.05) is 0 Å². The first-order valence-corrected chi connectivity index (χ1v) is 7.58. The summed E-state index contributed by atoms with van der Waals surface area (Å²) in [5.41, 5.74) is 0.882. The Bertz CT molecular complexity index is 704. The van der Waals surface area contributed by atoms with E-state index < -0.39 is 0 Å². The highest BCUT2D eigenvalue weighted by Crippen LogP contribution is 2.27. The molecule has 0 N–H and O–H groups in total. The molecule has 0 saturated carbocycles. The second-order valence-corrected chi connectivity index (χ2v) is 5.60. The molecule has 5 nitrogen and oxygen atoms in total. The molecule has 0 unspecified atom stereocenters. The molecule has 0 spiro atoms. The van der Waals surface area contributed by atoms with E-state index in [1.54, 1.807) is 18.5 Å². The Hall–Kier alpha value is -1.73. The number of halogens is 1. The largest absolute Gasteiger partial charge is 0.420 e. The lowest BCUT2D eigenvalue weighted by Crippen LogP contribution is -1.85. The van der Waals surface area contributed by atoms with Crippen LogP contribution >= 0.6 is 27.7 Å². The molecular formula is C13H9BrN4OS. The van der Waals surface area contributed by atoms with Crippen molar-refractivity contribution in [3.8, 4) is 11.5 Å². The first-order valence-electron chi connectivity index (χ1n) is 5.80. The van der Waals surface area contributed by atoms with E-state index >= 15 is 0 Å². The Balaban J connectivity index is 1.73. The van der Waals surface area contributed by atoms with Crippen molar-refractivity contribution in [3.63, 3.8) is 0 Å². The van der Waals surface area contributed by atoms with Gasteiger partial charge in [0.05, 0.1) is 11.3 Å². The normalized spacial score (nSPS) is 10.7. The van der Waals surface area contributed by atoms with Crippen molar-refractivity contribution >= 4 is 27.7 Å². The van der Waals surface area contributed by atoms with Gasteiger partial charge in [0.15, 0.2) is 5.16 Å². The van der Waals surface area contributed by atoms with Crippen LogP contribution in [0.5, 0.6) is 0 Å². The van der Waals surface area contributed by atoms with Gasteiger partial charge in [0, 0.05) is 16.9 Å². The molecule has 2 aromatic heterocycles. The molecule has 0 aliphatic rings. The zero-order chi connectivity index (χ0) is 13.8. The lowest BCUT2D eigenvalue weighted by atomic mass is 10.2. The molecule has 2 heterocycles. The molecule has 7 heteroatoms. The highest BCUT2D eigenvalue weighted by Gasteiger charge is 2.11. The van der Waals surface area contributed by atoms with Crippen LogP contribution in [0.1, 0.15) is 5.89 Å². The fraction of sp³-hybridized carbons (Fsp3) is 0.0769. The summed E-state index contributed by atoms with van der Waals surface area (Å²) in [7, 11) is 0. The zero-order valence-electron chi connectivity index (χ0n) is 10.2. The zero-order valence-corrected chi connectivity index (χ0v) is 12.6. The molecule has 0 bridgehead atoms. The second kappa shape index (κ2) is 6.15. The lowest BCUT2D eigenvalue weighted by molar-refractivity contribution is 0.528. The Morgan fingerprint density at radius 1 is 1.05 bits per heavy atom. The molecule has 0 saturated heterocycles. The first-order chi connectivity index (χ1) is 9.83. The van der Waals surface area contributed by atoms with Crippen molar-refractivity contribution in [2.24, 2.45) is 0 Å². The number of benzene rings is 1. The van der Waals surface area contributed by atoms with Gasteiger partial charge in [-0.1, -0.05) is 23.9 Å². The third-order valence-electron chi connectivity index (χ3n) is 2.44. The van der Waals surface area contributed by atoms with E-state index in [0.29, 0.717) is 22.7 Å². The van der Waals surface area contributed by atoms with Crippen molar-refractivity contribution in [1.82, 2.24) is 20.2 Å². The monoisotopic (exact) mass is 348 g/mol. The van der Waals surface area contributed by atoms with Gasteiger partial charge in [-0.15, -0.1) is 10.2 Å². The van der Waals surface area contributed by atoms with E-state index in [-0.39, 0.29) is 0 Å². The summed E-state index contributed by atoms with van der Waals surface area (Å²) in [5.74, 6) is 1.59. The highest BCUT2D eigenvalue weighted by molar-refractivity contribution is 9.10. The Morgan fingerprint density at radius 3 is 2.65 bits per heavy atom. The standard InChI is InChI=1S/C13H9BrN4OS/c14-10-5-2-1-4-9(10)12-18-17-11(19-12)8-20-13-15-6-3-7-16-13/h1-7H,8H2. The number of thioether (sulfide) groups is 1. The van der Waals surface area contributed by atoms with Gasteiger partial charge in [0.25, 0.3) is 0 Å². The molecule has 0 atom stereocenters. The van der Waals surface area contributed by atoms with Gasteiger partial charge in [0.1, 0.15) is 0 Å². The van der Waals surface area contributed by atoms with Crippen LogP contribution in [-0.2, 0) is 5.75 Å². The van der Waals surface area contributed by atoms with E-state index in [0.717, 1.165) is 10.0 Å². The number of hydrogen-bond acceptors (Lipinski definition) is 6. The molecule has 3 aromatic rings. The molecule has 100 valence electrons. The van der Waals surface area contributed by atoms with Gasteiger partial charge in [-0.3, -0.25) is 0 Å². The Morgan fingerprint density at radius 2 is 1.85 bits per heavy atom. The average Bonchev–Trinajstić information content (AvgIpc) is 2.95. The van der Waals surface area contributed by atoms with Crippen LogP contribution in [0, 0.1) is 0 Å². The molecular weight excluding hydrogens is 340 g/mol. The van der Waals surface area contributed by atoms with Gasteiger partial charge >= 0.3 is 0 Å². The summed E-state index contributed by atoms with van der Waals surface area (Å²) in [6.45, 7) is 0. The van der Waals surface area contributed by atoms with Crippen molar-refractivity contribution in [1.29, 1.82) is 0 Å². The summed E-state index contributed by atoms with van der Waals surface area (Å²) in [5, 5.41) is 8.78. The van der Waals surface area contributed by atoms with Crippen LogP contribution in [0.15, 0.2) is 56.8 Å². The molecule has 0 fully saturated rings. The number of aromatic nitrogens is 4. The smallest absolute Gasteiger partial charge is 0.248 e. The van der Waals surface area contributed by atoms with Crippen molar-refractivity contribution in [3.05, 3.63) is 53.1 Å². The molecule has 0 radical (unpaired) electrons. The second-order valence-electron chi connectivity index (χ2n) is 3.80. The molecule has 20 heavy (non-hydrogen) atoms. The predicted octanol–water partition coefficient (Wildman–Crippen LogP) is 3.58. The SMILES string of the molecule is Brc1ccccc1-c1nnc(CSc2ncccn2)o1. The molecule has 0 amide bonds. The highest BCUT2D eigenvalue weighted by atomic mass is 79.9. The maximum atomic E-state index is 5.64. The fourth-order valence-electron chi connectivity index (χ4n) is 1.54. The molecule has 1 aromatic carbocycles. The third kappa shape index (κ3) is 3.05. The number of hydrogen-bond donors (Lipinski definition) is 0. The molecule has 3 rings (SSSR count). The predicted molar refractivity (Wildman–Crippen MR) is 79.0 cm³/mol. The molecule has 0 aliphatic carbocycles. The van der Waals surface area contributed by atoms with Crippen LogP contribution in [0.25, 0.3) is 11.5 Å². The van der Waals surface area contributed by atoms with Gasteiger partial charge < -0.3 is 4.42 Å².